The fourth-order valence-electron chi connectivity index (χ4n) is 2.27. The van der Waals surface area contributed by atoms with Gasteiger partial charge >= 0.3 is 0 Å². The van der Waals surface area contributed by atoms with Crippen molar-refractivity contribution in [1.29, 1.82) is 0 Å². The van der Waals surface area contributed by atoms with E-state index < -0.39 is 5.54 Å². The molecule has 0 fully saturated rings. The van der Waals surface area contributed by atoms with Crippen LogP contribution in [-0.2, 0) is 0 Å². The van der Waals surface area contributed by atoms with Crippen LogP contribution in [0.25, 0.3) is 0 Å². The average Bonchev–Trinajstić information content (AvgIpc) is 2.62. The smallest absolute Gasteiger partial charge is 0.190 e. The minimum atomic E-state index is -0.408. The number of fused-ring (bicyclic) bond motifs is 1. The van der Waals surface area contributed by atoms with Crippen molar-refractivity contribution in [3.05, 3.63) is 23.8 Å². The largest absolute Gasteiger partial charge is 0.497 e. The Morgan fingerprint density at radius 1 is 1.31 bits per heavy atom. The van der Waals surface area contributed by atoms with E-state index in [4.69, 9.17) is 4.74 Å². The number of carbonyl (C=O) groups is 1. The van der Waals surface area contributed by atoms with Gasteiger partial charge in [0, 0.05) is 11.3 Å². The first-order chi connectivity index (χ1) is 7.66. The first-order valence-corrected chi connectivity index (χ1v) is 5.68. The first kappa shape index (κ1) is 11.0. The average molecular weight is 219 g/mol. The molecule has 0 bridgehead atoms. The number of methoxy groups -OCH3 is 1. The van der Waals surface area contributed by atoms with Gasteiger partial charge in [0.25, 0.3) is 0 Å². The van der Waals surface area contributed by atoms with Gasteiger partial charge in [0.15, 0.2) is 5.78 Å². The summed E-state index contributed by atoms with van der Waals surface area (Å²) in [7, 11) is 1.61. The van der Waals surface area contributed by atoms with Gasteiger partial charge < -0.3 is 10.1 Å². The number of Topliss-reactive ketones (excluding diaryl/α,β-unsaturated/α-hetero) is 1. The normalized spacial score (nSPS) is 16.8. The van der Waals surface area contributed by atoms with Gasteiger partial charge in [-0.2, -0.15) is 0 Å². The standard InChI is InChI=1S/C13H17NO2/c1-4-13(5-2)12(15)10-8-9(16-3)6-7-11(10)14-13/h6-8,14H,4-5H2,1-3H3. The molecule has 0 aromatic heterocycles. The molecule has 0 unspecified atom stereocenters. The Morgan fingerprint density at radius 3 is 2.56 bits per heavy atom. The molecule has 16 heavy (non-hydrogen) atoms. The number of rotatable bonds is 3. The van der Waals surface area contributed by atoms with Crippen molar-refractivity contribution in [3.8, 4) is 5.75 Å². The van der Waals surface area contributed by atoms with Crippen molar-refractivity contribution in [2.75, 3.05) is 12.4 Å². The molecular formula is C13H17NO2. The molecule has 0 radical (unpaired) electrons. The zero-order valence-electron chi connectivity index (χ0n) is 9.96. The summed E-state index contributed by atoms with van der Waals surface area (Å²) in [5.41, 5.74) is 1.27. The summed E-state index contributed by atoms with van der Waals surface area (Å²) in [6.07, 6.45) is 1.61. The lowest BCUT2D eigenvalue weighted by atomic mass is 9.88. The van der Waals surface area contributed by atoms with Crippen LogP contribution < -0.4 is 10.1 Å². The zero-order chi connectivity index (χ0) is 11.8. The van der Waals surface area contributed by atoms with E-state index in [-0.39, 0.29) is 5.78 Å². The number of nitrogens with one attached hydrogen (secondary N) is 1. The minimum Gasteiger partial charge on any atom is -0.497 e. The summed E-state index contributed by atoms with van der Waals surface area (Å²) in [5, 5.41) is 3.34. The Bertz CT molecular complexity index is 422. The third-order valence-electron chi connectivity index (χ3n) is 3.49. The fourth-order valence-corrected chi connectivity index (χ4v) is 2.27. The van der Waals surface area contributed by atoms with E-state index >= 15 is 0 Å². The molecular weight excluding hydrogens is 202 g/mol. The van der Waals surface area contributed by atoms with Crippen molar-refractivity contribution < 1.29 is 9.53 Å². The Morgan fingerprint density at radius 2 is 2.00 bits per heavy atom. The lowest BCUT2D eigenvalue weighted by Gasteiger charge is -2.25. The number of anilines is 1. The quantitative estimate of drug-likeness (QED) is 0.849. The third-order valence-corrected chi connectivity index (χ3v) is 3.49. The van der Waals surface area contributed by atoms with Gasteiger partial charge in [0.2, 0.25) is 0 Å². The fraction of sp³-hybridized carbons (Fsp3) is 0.462. The van der Waals surface area contributed by atoms with Crippen molar-refractivity contribution in [1.82, 2.24) is 0 Å². The van der Waals surface area contributed by atoms with Crippen LogP contribution in [0.2, 0.25) is 0 Å². The van der Waals surface area contributed by atoms with Crippen LogP contribution in [0, 0.1) is 0 Å². The maximum absolute atomic E-state index is 12.3. The highest BCUT2D eigenvalue weighted by Gasteiger charge is 2.42. The predicted octanol–water partition coefficient (Wildman–Crippen LogP) is 2.86. The molecule has 2 rings (SSSR count). The maximum Gasteiger partial charge on any atom is 0.190 e. The van der Waals surface area contributed by atoms with E-state index in [0.717, 1.165) is 29.8 Å². The zero-order valence-corrected chi connectivity index (χ0v) is 9.96. The second-order valence-corrected chi connectivity index (χ2v) is 4.15. The summed E-state index contributed by atoms with van der Waals surface area (Å²) in [4.78, 5) is 12.3. The molecule has 0 aliphatic carbocycles. The number of carbonyl (C=O) groups excluding carboxylic acids is 1. The van der Waals surface area contributed by atoms with Crippen molar-refractivity contribution in [2.24, 2.45) is 0 Å². The van der Waals surface area contributed by atoms with Crippen molar-refractivity contribution in [2.45, 2.75) is 32.2 Å². The molecule has 1 aliphatic rings. The Balaban J connectivity index is 2.46. The topological polar surface area (TPSA) is 38.3 Å². The van der Waals surface area contributed by atoms with Gasteiger partial charge in [0.1, 0.15) is 11.3 Å². The minimum absolute atomic E-state index is 0.186. The van der Waals surface area contributed by atoms with E-state index in [0.29, 0.717) is 0 Å². The summed E-state index contributed by atoms with van der Waals surface area (Å²) < 4.78 is 5.14. The van der Waals surface area contributed by atoms with Crippen LogP contribution in [0.4, 0.5) is 5.69 Å². The number of hydrogen-bond acceptors (Lipinski definition) is 3. The Labute approximate surface area is 95.8 Å². The number of ketones is 1. The summed E-state index contributed by atoms with van der Waals surface area (Å²) >= 11 is 0. The van der Waals surface area contributed by atoms with E-state index in [1.165, 1.54) is 0 Å². The number of benzene rings is 1. The molecule has 1 aromatic carbocycles. The van der Waals surface area contributed by atoms with Crippen molar-refractivity contribution >= 4 is 11.5 Å². The van der Waals surface area contributed by atoms with Crippen LogP contribution in [0.15, 0.2) is 18.2 Å². The molecule has 0 amide bonds. The third kappa shape index (κ3) is 1.39. The highest BCUT2D eigenvalue weighted by Crippen LogP contribution is 2.38. The SMILES string of the molecule is CCC1(CC)Nc2ccc(OC)cc2C1=O. The predicted molar refractivity (Wildman–Crippen MR) is 64.3 cm³/mol. The number of hydrogen-bond donors (Lipinski definition) is 1. The van der Waals surface area contributed by atoms with E-state index in [2.05, 4.69) is 5.32 Å². The summed E-state index contributed by atoms with van der Waals surface area (Å²) in [6.45, 7) is 4.08. The van der Waals surface area contributed by atoms with Gasteiger partial charge in [-0.25, -0.2) is 0 Å². The molecule has 1 aliphatic heterocycles. The molecule has 1 heterocycles. The molecule has 0 atom stereocenters. The van der Waals surface area contributed by atoms with E-state index in [1.54, 1.807) is 7.11 Å². The van der Waals surface area contributed by atoms with Gasteiger partial charge in [-0.3, -0.25) is 4.79 Å². The second-order valence-electron chi connectivity index (χ2n) is 4.15. The van der Waals surface area contributed by atoms with Crippen LogP contribution >= 0.6 is 0 Å². The monoisotopic (exact) mass is 219 g/mol. The van der Waals surface area contributed by atoms with Crippen molar-refractivity contribution in [3.63, 3.8) is 0 Å². The van der Waals surface area contributed by atoms with Crippen LogP contribution in [0.3, 0.4) is 0 Å². The maximum atomic E-state index is 12.3. The van der Waals surface area contributed by atoms with Gasteiger partial charge in [0.05, 0.1) is 7.11 Å². The lowest BCUT2D eigenvalue weighted by molar-refractivity contribution is 0.0911. The van der Waals surface area contributed by atoms with Crippen LogP contribution in [0.5, 0.6) is 5.75 Å². The van der Waals surface area contributed by atoms with E-state index in [1.807, 2.05) is 32.0 Å². The van der Waals surface area contributed by atoms with Gasteiger partial charge in [-0.05, 0) is 31.0 Å². The van der Waals surface area contributed by atoms with Crippen LogP contribution in [0.1, 0.15) is 37.0 Å². The molecule has 0 saturated carbocycles. The van der Waals surface area contributed by atoms with Gasteiger partial charge in [-0.1, -0.05) is 13.8 Å². The molecule has 1 aromatic rings. The molecule has 1 N–H and O–H groups in total. The molecule has 0 spiro atoms. The second kappa shape index (κ2) is 3.81. The summed E-state index contributed by atoms with van der Waals surface area (Å²) in [6, 6.07) is 5.61. The summed E-state index contributed by atoms with van der Waals surface area (Å²) in [5.74, 6) is 0.920. The molecule has 3 heteroatoms. The molecule has 3 nitrogen and oxygen atoms in total. The van der Waals surface area contributed by atoms with Crippen LogP contribution in [-0.4, -0.2) is 18.4 Å². The molecule has 86 valence electrons. The Hall–Kier alpha value is -1.51. The highest BCUT2D eigenvalue weighted by atomic mass is 16.5. The lowest BCUT2D eigenvalue weighted by Crippen LogP contribution is -2.40. The number of ether oxygens (including phenoxy) is 1. The highest BCUT2D eigenvalue weighted by molar-refractivity contribution is 6.13. The molecule has 0 saturated heterocycles. The Kier molecular flexibility index (Phi) is 2.62. The van der Waals surface area contributed by atoms with E-state index in [9.17, 15) is 4.79 Å². The first-order valence-electron chi connectivity index (χ1n) is 5.68. The van der Waals surface area contributed by atoms with Gasteiger partial charge in [-0.15, -0.1) is 0 Å².